The van der Waals surface area contributed by atoms with Gasteiger partial charge in [0.25, 0.3) is 5.91 Å². The highest BCUT2D eigenvalue weighted by Crippen LogP contribution is 2.34. The van der Waals surface area contributed by atoms with Crippen molar-refractivity contribution in [3.8, 4) is 0 Å². The quantitative estimate of drug-likeness (QED) is 0.723. The number of amides is 1. The fourth-order valence-corrected chi connectivity index (χ4v) is 5.96. The second-order valence-corrected chi connectivity index (χ2v) is 9.29. The Hall–Kier alpha value is -2.19. The molecule has 5 heteroatoms. The smallest absolute Gasteiger partial charge is 0.251 e. The van der Waals surface area contributed by atoms with E-state index in [-0.39, 0.29) is 11.9 Å². The zero-order chi connectivity index (χ0) is 18.5. The third kappa shape index (κ3) is 4.39. The van der Waals surface area contributed by atoms with E-state index >= 15 is 0 Å². The van der Waals surface area contributed by atoms with Crippen LogP contribution < -0.4 is 10.6 Å². The highest BCUT2D eigenvalue weighted by molar-refractivity contribution is 7.73. The molecule has 4 rings (SSSR count). The topological polar surface area (TPSA) is 41.9 Å². The molecule has 140 valence electrons. The summed E-state index contributed by atoms with van der Waals surface area (Å²) in [4.78, 5) is 19.1. The standard InChI is InChI=1S/C22H25N2O2P/c25-22(24-14-7-8-15-24)20-17-26-21(23-20)13-16-27(18-9-3-1-4-10-18)19-11-5-2-6-12-19/h1-6,9-12,20H,7-8,13-17H2/t20-/m0/s1. The van der Waals surface area contributed by atoms with Crippen molar-refractivity contribution >= 4 is 30.3 Å². The second kappa shape index (κ2) is 8.67. The number of likely N-dealkylation sites (tertiary alicyclic amines) is 1. The van der Waals surface area contributed by atoms with Crippen molar-refractivity contribution in [2.45, 2.75) is 25.3 Å². The van der Waals surface area contributed by atoms with Gasteiger partial charge in [0.1, 0.15) is 6.61 Å². The minimum atomic E-state index is -0.461. The third-order valence-electron chi connectivity index (χ3n) is 5.10. The Bertz CT molecular complexity index is 749. The first-order chi connectivity index (χ1) is 13.3. The van der Waals surface area contributed by atoms with Gasteiger partial charge in [-0.25, -0.2) is 4.99 Å². The first kappa shape index (κ1) is 18.2. The number of carbonyl (C=O) groups excluding carboxylic acids is 1. The van der Waals surface area contributed by atoms with Crippen molar-refractivity contribution in [2.24, 2.45) is 4.99 Å². The third-order valence-corrected chi connectivity index (χ3v) is 7.61. The van der Waals surface area contributed by atoms with Gasteiger partial charge >= 0.3 is 0 Å². The largest absolute Gasteiger partial charge is 0.478 e. The Morgan fingerprint density at radius 1 is 1.00 bits per heavy atom. The minimum absolute atomic E-state index is 0.135. The Kier molecular flexibility index (Phi) is 5.84. The normalized spacial score (nSPS) is 19.2. The van der Waals surface area contributed by atoms with Crippen LogP contribution in [0.15, 0.2) is 65.7 Å². The highest BCUT2D eigenvalue weighted by Gasteiger charge is 2.31. The molecule has 2 aliphatic heterocycles. The predicted molar refractivity (Wildman–Crippen MR) is 112 cm³/mol. The van der Waals surface area contributed by atoms with Gasteiger partial charge in [0.2, 0.25) is 0 Å². The molecule has 1 amide bonds. The average molecular weight is 380 g/mol. The molecule has 0 aliphatic carbocycles. The van der Waals surface area contributed by atoms with Gasteiger partial charge in [-0.05, 0) is 37.5 Å². The molecule has 0 N–H and O–H groups in total. The summed E-state index contributed by atoms with van der Waals surface area (Å²) in [5.41, 5.74) is 0. The summed E-state index contributed by atoms with van der Waals surface area (Å²) in [6.07, 6.45) is 3.97. The number of hydrogen-bond acceptors (Lipinski definition) is 3. The SMILES string of the molecule is O=C([C@@H]1COC(CCP(c2ccccc2)c2ccccc2)=N1)N1CCCC1. The molecule has 2 aromatic carbocycles. The van der Waals surface area contributed by atoms with Crippen molar-refractivity contribution in [2.75, 3.05) is 25.9 Å². The maximum absolute atomic E-state index is 12.5. The number of hydrogen-bond donors (Lipinski definition) is 0. The molecular formula is C22H25N2O2P. The van der Waals surface area contributed by atoms with E-state index in [4.69, 9.17) is 4.74 Å². The zero-order valence-electron chi connectivity index (χ0n) is 15.5. The maximum Gasteiger partial charge on any atom is 0.251 e. The van der Waals surface area contributed by atoms with Crippen LogP contribution in [0.1, 0.15) is 19.3 Å². The Morgan fingerprint density at radius 2 is 1.59 bits per heavy atom. The van der Waals surface area contributed by atoms with Crippen LogP contribution in [0.4, 0.5) is 0 Å². The fraction of sp³-hybridized carbons (Fsp3) is 0.364. The molecule has 2 aliphatic rings. The van der Waals surface area contributed by atoms with Crippen molar-refractivity contribution in [3.63, 3.8) is 0 Å². The number of benzene rings is 2. The van der Waals surface area contributed by atoms with Gasteiger partial charge in [-0.15, -0.1) is 0 Å². The lowest BCUT2D eigenvalue weighted by molar-refractivity contribution is -0.131. The second-order valence-electron chi connectivity index (χ2n) is 6.95. The average Bonchev–Trinajstić information content (AvgIpc) is 3.42. The molecule has 27 heavy (non-hydrogen) atoms. The van der Waals surface area contributed by atoms with Crippen molar-refractivity contribution < 1.29 is 9.53 Å². The summed E-state index contributed by atoms with van der Waals surface area (Å²) in [5, 5.41) is 2.73. The van der Waals surface area contributed by atoms with Crippen LogP contribution in [0.25, 0.3) is 0 Å². The molecule has 1 fully saturated rings. The Balaban J connectivity index is 1.43. The molecule has 0 aromatic heterocycles. The summed E-state index contributed by atoms with van der Waals surface area (Å²) >= 11 is 0. The summed E-state index contributed by atoms with van der Waals surface area (Å²) in [6.45, 7) is 2.14. The summed E-state index contributed by atoms with van der Waals surface area (Å²) in [6, 6.07) is 21.0. The van der Waals surface area contributed by atoms with E-state index in [9.17, 15) is 4.79 Å². The lowest BCUT2D eigenvalue weighted by atomic mass is 10.3. The molecule has 2 aromatic rings. The van der Waals surface area contributed by atoms with E-state index in [1.54, 1.807) is 0 Å². The van der Waals surface area contributed by atoms with Crippen LogP contribution in [0.5, 0.6) is 0 Å². The molecule has 0 spiro atoms. The number of nitrogens with zero attached hydrogens (tertiary/aromatic N) is 2. The van der Waals surface area contributed by atoms with E-state index < -0.39 is 7.92 Å². The molecule has 2 heterocycles. The van der Waals surface area contributed by atoms with E-state index in [1.165, 1.54) is 10.6 Å². The molecule has 0 radical (unpaired) electrons. The zero-order valence-corrected chi connectivity index (χ0v) is 16.4. The lowest BCUT2D eigenvalue weighted by Gasteiger charge is -2.18. The number of carbonyl (C=O) groups is 1. The van der Waals surface area contributed by atoms with E-state index in [1.807, 2.05) is 4.90 Å². The van der Waals surface area contributed by atoms with Gasteiger partial charge in [-0.3, -0.25) is 4.79 Å². The van der Waals surface area contributed by atoms with E-state index in [2.05, 4.69) is 65.7 Å². The Morgan fingerprint density at radius 3 is 2.19 bits per heavy atom. The monoisotopic (exact) mass is 380 g/mol. The first-order valence-electron chi connectivity index (χ1n) is 9.67. The molecule has 0 bridgehead atoms. The van der Waals surface area contributed by atoms with E-state index in [0.717, 1.165) is 44.4 Å². The summed E-state index contributed by atoms with van der Waals surface area (Å²) in [7, 11) is -0.461. The van der Waals surface area contributed by atoms with Crippen LogP contribution in [0, 0.1) is 0 Å². The highest BCUT2D eigenvalue weighted by atomic mass is 31.1. The van der Waals surface area contributed by atoms with Crippen molar-refractivity contribution in [1.82, 2.24) is 4.90 Å². The number of rotatable bonds is 6. The van der Waals surface area contributed by atoms with Crippen LogP contribution in [0.3, 0.4) is 0 Å². The number of aliphatic imine (C=N–C) groups is 1. The summed E-state index contributed by atoms with van der Waals surface area (Å²) in [5.74, 6) is 0.878. The van der Waals surface area contributed by atoms with Gasteiger partial charge in [0, 0.05) is 19.5 Å². The number of ether oxygens (including phenoxy) is 1. The molecule has 1 saturated heterocycles. The van der Waals surface area contributed by atoms with Gasteiger partial charge in [0.15, 0.2) is 11.9 Å². The van der Waals surface area contributed by atoms with Gasteiger partial charge in [0.05, 0.1) is 0 Å². The summed E-state index contributed by atoms with van der Waals surface area (Å²) < 4.78 is 5.78. The van der Waals surface area contributed by atoms with Gasteiger partial charge in [-0.2, -0.15) is 0 Å². The van der Waals surface area contributed by atoms with Gasteiger partial charge < -0.3 is 9.64 Å². The Labute approximate surface area is 162 Å². The van der Waals surface area contributed by atoms with Crippen LogP contribution >= 0.6 is 7.92 Å². The lowest BCUT2D eigenvalue weighted by Crippen LogP contribution is -2.36. The molecule has 4 nitrogen and oxygen atoms in total. The molecule has 0 unspecified atom stereocenters. The van der Waals surface area contributed by atoms with Crippen LogP contribution in [0.2, 0.25) is 0 Å². The molecule has 0 saturated carbocycles. The minimum Gasteiger partial charge on any atom is -0.478 e. The van der Waals surface area contributed by atoms with E-state index in [0.29, 0.717) is 6.61 Å². The van der Waals surface area contributed by atoms with Crippen LogP contribution in [-0.4, -0.2) is 48.6 Å². The predicted octanol–water partition coefficient (Wildman–Crippen LogP) is 2.93. The van der Waals surface area contributed by atoms with Crippen molar-refractivity contribution in [3.05, 3.63) is 60.7 Å². The first-order valence-corrected chi connectivity index (χ1v) is 11.2. The molecular weight excluding hydrogens is 355 g/mol. The van der Waals surface area contributed by atoms with Crippen LogP contribution in [-0.2, 0) is 9.53 Å². The fourth-order valence-electron chi connectivity index (χ4n) is 3.67. The maximum atomic E-state index is 12.5. The van der Waals surface area contributed by atoms with Gasteiger partial charge in [-0.1, -0.05) is 60.7 Å². The van der Waals surface area contributed by atoms with Crippen molar-refractivity contribution in [1.29, 1.82) is 0 Å². The molecule has 1 atom stereocenters.